The summed E-state index contributed by atoms with van der Waals surface area (Å²) in [7, 11) is 1.74. The molecular formula is C15H28N2OS. The number of aromatic nitrogens is 1. The zero-order valence-electron chi connectivity index (χ0n) is 13.5. The molecule has 0 amide bonds. The van der Waals surface area contributed by atoms with E-state index in [2.05, 4.69) is 53.8 Å². The Morgan fingerprint density at radius 3 is 2.21 bits per heavy atom. The van der Waals surface area contributed by atoms with Crippen molar-refractivity contribution in [3.8, 4) is 0 Å². The van der Waals surface area contributed by atoms with Crippen LogP contribution in [-0.4, -0.2) is 17.6 Å². The van der Waals surface area contributed by atoms with E-state index in [1.165, 1.54) is 10.6 Å². The van der Waals surface area contributed by atoms with Crippen LogP contribution in [0.1, 0.15) is 70.0 Å². The molecule has 0 spiro atoms. The predicted molar refractivity (Wildman–Crippen MR) is 82.8 cm³/mol. The van der Waals surface area contributed by atoms with Gasteiger partial charge in [0.1, 0.15) is 10.6 Å². The maximum atomic E-state index is 5.54. The van der Waals surface area contributed by atoms with Crippen molar-refractivity contribution in [1.29, 1.82) is 0 Å². The molecule has 0 unspecified atom stereocenters. The van der Waals surface area contributed by atoms with Crippen molar-refractivity contribution >= 4 is 11.3 Å². The lowest BCUT2D eigenvalue weighted by molar-refractivity contribution is 0.0189. The van der Waals surface area contributed by atoms with Crippen LogP contribution in [0.5, 0.6) is 0 Å². The molecule has 0 aliphatic carbocycles. The Labute approximate surface area is 121 Å². The Kier molecular flexibility index (Phi) is 5.15. The fraction of sp³-hybridized carbons (Fsp3) is 0.800. The van der Waals surface area contributed by atoms with Crippen LogP contribution in [0, 0.1) is 0 Å². The van der Waals surface area contributed by atoms with E-state index in [4.69, 9.17) is 9.72 Å². The van der Waals surface area contributed by atoms with Crippen LogP contribution in [0.4, 0.5) is 0 Å². The first-order valence-electron chi connectivity index (χ1n) is 6.87. The third kappa shape index (κ3) is 4.55. The summed E-state index contributed by atoms with van der Waals surface area (Å²) in [6.45, 7) is 15.9. The predicted octanol–water partition coefficient (Wildman–Crippen LogP) is 4.04. The maximum Gasteiger partial charge on any atom is 0.125 e. The Balaban J connectivity index is 3.02. The molecule has 1 aromatic rings. The fourth-order valence-electron chi connectivity index (χ4n) is 1.63. The van der Waals surface area contributed by atoms with Crippen molar-refractivity contribution in [2.75, 3.05) is 7.11 Å². The normalized spacial score (nSPS) is 13.3. The molecular weight excluding hydrogens is 256 g/mol. The van der Waals surface area contributed by atoms with Gasteiger partial charge in [0.15, 0.2) is 0 Å². The van der Waals surface area contributed by atoms with Crippen molar-refractivity contribution < 1.29 is 4.74 Å². The molecule has 3 nitrogen and oxygen atoms in total. The molecule has 0 aliphatic heterocycles. The molecule has 4 heteroatoms. The van der Waals surface area contributed by atoms with Crippen molar-refractivity contribution in [2.45, 2.75) is 72.1 Å². The molecule has 1 heterocycles. The third-order valence-electron chi connectivity index (χ3n) is 3.08. The number of nitrogens with zero attached hydrogens (tertiary/aromatic N) is 1. The van der Waals surface area contributed by atoms with Gasteiger partial charge in [-0.2, -0.15) is 0 Å². The minimum atomic E-state index is -0.311. The molecule has 0 saturated heterocycles. The second kappa shape index (κ2) is 5.90. The first-order chi connectivity index (χ1) is 8.57. The van der Waals surface area contributed by atoms with Crippen LogP contribution in [-0.2, 0) is 16.9 Å². The van der Waals surface area contributed by atoms with E-state index in [0.29, 0.717) is 5.92 Å². The molecule has 0 aromatic carbocycles. The largest absolute Gasteiger partial charge is 0.372 e. The summed E-state index contributed by atoms with van der Waals surface area (Å²) in [5.74, 6) is 0.439. The van der Waals surface area contributed by atoms with E-state index in [0.717, 1.165) is 11.6 Å². The Bertz CT molecular complexity index is 416. The quantitative estimate of drug-likeness (QED) is 0.886. The van der Waals surface area contributed by atoms with Crippen LogP contribution in [0.15, 0.2) is 0 Å². The highest BCUT2D eigenvalue weighted by atomic mass is 32.1. The second-order valence-electron chi connectivity index (χ2n) is 6.80. The summed E-state index contributed by atoms with van der Waals surface area (Å²) in [4.78, 5) is 6.13. The molecule has 1 N–H and O–H groups in total. The monoisotopic (exact) mass is 284 g/mol. The van der Waals surface area contributed by atoms with E-state index >= 15 is 0 Å². The summed E-state index contributed by atoms with van der Waals surface area (Å²) in [6, 6.07) is 0. The maximum absolute atomic E-state index is 5.54. The molecule has 19 heavy (non-hydrogen) atoms. The van der Waals surface area contributed by atoms with Gasteiger partial charge < -0.3 is 10.1 Å². The zero-order valence-corrected chi connectivity index (χ0v) is 14.4. The van der Waals surface area contributed by atoms with Gasteiger partial charge in [0.2, 0.25) is 0 Å². The number of nitrogens with one attached hydrogen (secondary N) is 1. The molecule has 0 aliphatic rings. The smallest absolute Gasteiger partial charge is 0.125 e. The lowest BCUT2D eigenvalue weighted by atomic mass is 10.1. The van der Waals surface area contributed by atoms with Gasteiger partial charge in [-0.15, -0.1) is 11.3 Å². The lowest BCUT2D eigenvalue weighted by Crippen LogP contribution is -2.35. The number of ether oxygens (including phenoxy) is 1. The summed E-state index contributed by atoms with van der Waals surface area (Å²) in [6.07, 6.45) is 0. The van der Waals surface area contributed by atoms with Crippen molar-refractivity contribution in [2.24, 2.45) is 0 Å². The lowest BCUT2D eigenvalue weighted by Gasteiger charge is -2.20. The van der Waals surface area contributed by atoms with Crippen LogP contribution in [0.3, 0.4) is 0 Å². The number of rotatable bonds is 5. The summed E-state index contributed by atoms with van der Waals surface area (Å²) >= 11 is 1.76. The van der Waals surface area contributed by atoms with E-state index in [1.54, 1.807) is 18.4 Å². The van der Waals surface area contributed by atoms with Gasteiger partial charge >= 0.3 is 0 Å². The molecule has 1 aromatic heterocycles. The Hall–Kier alpha value is -0.450. The van der Waals surface area contributed by atoms with Crippen molar-refractivity contribution in [3.05, 3.63) is 15.6 Å². The third-order valence-corrected chi connectivity index (χ3v) is 4.46. The minimum Gasteiger partial charge on any atom is -0.372 e. The van der Waals surface area contributed by atoms with E-state index < -0.39 is 0 Å². The molecule has 0 saturated carbocycles. The fourth-order valence-corrected chi connectivity index (χ4v) is 2.87. The van der Waals surface area contributed by atoms with Gasteiger partial charge in [0.05, 0.1) is 5.69 Å². The van der Waals surface area contributed by atoms with E-state index in [1.807, 2.05) is 0 Å². The van der Waals surface area contributed by atoms with Crippen LogP contribution in [0.2, 0.25) is 0 Å². The van der Waals surface area contributed by atoms with E-state index in [-0.39, 0.29) is 11.1 Å². The Morgan fingerprint density at radius 2 is 1.79 bits per heavy atom. The number of thiazole rings is 1. The first-order valence-corrected chi connectivity index (χ1v) is 7.68. The summed E-state index contributed by atoms with van der Waals surface area (Å²) < 4.78 is 5.54. The highest BCUT2D eigenvalue weighted by molar-refractivity contribution is 7.11. The topological polar surface area (TPSA) is 34.1 Å². The van der Waals surface area contributed by atoms with Gasteiger partial charge in [-0.25, -0.2) is 4.98 Å². The van der Waals surface area contributed by atoms with Gasteiger partial charge in [0, 0.05) is 24.1 Å². The second-order valence-corrected chi connectivity index (χ2v) is 7.88. The summed E-state index contributed by atoms with van der Waals surface area (Å²) in [5.41, 5.74) is 1.01. The standard InChI is InChI=1S/C15H28N2OS/c1-10(2)12-11(9-16-14(3,4)5)19-13(17-12)15(6,7)18-8/h10,16H,9H2,1-8H3. The molecule has 1 rings (SSSR count). The highest BCUT2D eigenvalue weighted by Crippen LogP contribution is 2.33. The molecule has 0 radical (unpaired) electrons. The number of hydrogen-bond donors (Lipinski definition) is 1. The molecule has 0 fully saturated rings. The molecule has 0 atom stereocenters. The zero-order chi connectivity index (χ0) is 14.8. The number of methoxy groups -OCH3 is 1. The summed E-state index contributed by atoms with van der Waals surface area (Å²) in [5, 5.41) is 4.61. The Morgan fingerprint density at radius 1 is 1.21 bits per heavy atom. The van der Waals surface area contributed by atoms with Crippen LogP contribution in [0.25, 0.3) is 0 Å². The van der Waals surface area contributed by atoms with Gasteiger partial charge in [-0.05, 0) is 40.5 Å². The van der Waals surface area contributed by atoms with Gasteiger partial charge in [-0.1, -0.05) is 13.8 Å². The van der Waals surface area contributed by atoms with Gasteiger partial charge in [-0.3, -0.25) is 0 Å². The molecule has 110 valence electrons. The average Bonchev–Trinajstić information content (AvgIpc) is 2.70. The average molecular weight is 284 g/mol. The first kappa shape index (κ1) is 16.6. The minimum absolute atomic E-state index is 0.120. The van der Waals surface area contributed by atoms with Gasteiger partial charge in [0.25, 0.3) is 0 Å². The highest BCUT2D eigenvalue weighted by Gasteiger charge is 2.27. The number of hydrogen-bond acceptors (Lipinski definition) is 4. The van der Waals surface area contributed by atoms with Crippen LogP contribution < -0.4 is 5.32 Å². The SMILES string of the molecule is COC(C)(C)c1nc(C(C)C)c(CNC(C)(C)C)s1. The van der Waals surface area contributed by atoms with Crippen molar-refractivity contribution in [3.63, 3.8) is 0 Å². The van der Waals surface area contributed by atoms with E-state index in [9.17, 15) is 0 Å². The van der Waals surface area contributed by atoms with Crippen molar-refractivity contribution in [1.82, 2.24) is 10.3 Å². The van der Waals surface area contributed by atoms with Crippen LogP contribution >= 0.6 is 11.3 Å². The molecule has 0 bridgehead atoms.